The van der Waals surface area contributed by atoms with Crippen molar-refractivity contribution in [1.29, 1.82) is 0 Å². The van der Waals surface area contributed by atoms with Gasteiger partial charge in [0.1, 0.15) is 17.1 Å². The molecule has 3 aromatic carbocycles. The third kappa shape index (κ3) is 4.41. The molecular weight excluding hydrogens is 531 g/mol. The van der Waals surface area contributed by atoms with Gasteiger partial charge >= 0.3 is 0 Å². The number of nitrogens with zero attached hydrogens (tertiary/aromatic N) is 3. The second kappa shape index (κ2) is 10.8. The summed E-state index contributed by atoms with van der Waals surface area (Å²) >= 11 is 1.71. The van der Waals surface area contributed by atoms with E-state index >= 15 is 0 Å². The number of aromatic nitrogens is 2. The molecule has 5 nitrogen and oxygen atoms in total. The average Bonchev–Trinajstić information content (AvgIpc) is 2.96. The molecular formula is C33H35N3O2SSi. The number of hydrogen-bond acceptors (Lipinski definition) is 5. The van der Waals surface area contributed by atoms with Crippen LogP contribution in [0.25, 0.3) is 0 Å². The SMILES string of the molecule is C[SiH](C)C1(C(=O)c2ccncn2)C(=O)N(C(C)(C)C)C1SC(c1ccccc1)(c1ccccc1)c1ccccc1. The molecule has 4 aromatic rings. The van der Waals surface area contributed by atoms with Crippen molar-refractivity contribution in [1.82, 2.24) is 14.9 Å². The number of ketones is 1. The molecule has 0 spiro atoms. The number of likely N-dealkylation sites (tertiary alicyclic amines) is 1. The number of rotatable bonds is 8. The zero-order valence-electron chi connectivity index (χ0n) is 23.6. The average molecular weight is 566 g/mol. The topological polar surface area (TPSA) is 63.2 Å². The van der Waals surface area contributed by atoms with Gasteiger partial charge in [-0.2, -0.15) is 0 Å². The molecule has 1 fully saturated rings. The molecule has 0 aliphatic carbocycles. The Morgan fingerprint density at radius 2 is 1.30 bits per heavy atom. The molecule has 1 aliphatic heterocycles. The number of hydrogen-bond donors (Lipinski definition) is 0. The Morgan fingerprint density at radius 1 is 0.825 bits per heavy atom. The summed E-state index contributed by atoms with van der Waals surface area (Å²) in [6.07, 6.45) is 2.96. The maximum absolute atomic E-state index is 14.5. The van der Waals surface area contributed by atoms with Gasteiger partial charge in [0.25, 0.3) is 0 Å². The number of β-lactam (4-membered cyclic amide) rings is 1. The normalized spacial score (nSPS) is 19.4. The number of benzene rings is 3. The number of Topliss-reactive ketones (excluding diaryl/α,β-unsaturated/α-hetero) is 1. The van der Waals surface area contributed by atoms with E-state index < -0.39 is 29.5 Å². The van der Waals surface area contributed by atoms with Crippen molar-refractivity contribution in [3.63, 3.8) is 0 Å². The molecule has 0 bridgehead atoms. The van der Waals surface area contributed by atoms with Gasteiger partial charge in [0, 0.05) is 11.7 Å². The largest absolute Gasteiger partial charge is 0.324 e. The molecule has 7 heteroatoms. The molecule has 1 aliphatic rings. The van der Waals surface area contributed by atoms with Gasteiger partial charge in [0.2, 0.25) is 5.91 Å². The fourth-order valence-corrected chi connectivity index (χ4v) is 11.0. The summed E-state index contributed by atoms with van der Waals surface area (Å²) < 4.78 is -0.681. The van der Waals surface area contributed by atoms with Gasteiger partial charge in [-0.1, -0.05) is 104 Å². The molecule has 2 heterocycles. The van der Waals surface area contributed by atoms with Crippen LogP contribution in [0, 0.1) is 0 Å². The maximum Gasteiger partial charge on any atom is 0.237 e. The van der Waals surface area contributed by atoms with E-state index in [2.05, 4.69) is 117 Å². The van der Waals surface area contributed by atoms with Gasteiger partial charge in [-0.05, 0) is 43.5 Å². The van der Waals surface area contributed by atoms with Gasteiger partial charge in [-0.3, -0.25) is 9.59 Å². The molecule has 1 saturated heterocycles. The van der Waals surface area contributed by atoms with Gasteiger partial charge in [0.15, 0.2) is 5.78 Å². The maximum atomic E-state index is 14.5. The summed E-state index contributed by atoms with van der Waals surface area (Å²) in [5, 5.41) is -1.56. The van der Waals surface area contributed by atoms with Crippen LogP contribution in [0.3, 0.4) is 0 Å². The summed E-state index contributed by atoms with van der Waals surface area (Å²) in [5.41, 5.74) is 3.11. The van der Waals surface area contributed by atoms with E-state index in [9.17, 15) is 9.59 Å². The van der Waals surface area contributed by atoms with E-state index in [1.165, 1.54) is 6.33 Å². The third-order valence-electron chi connectivity index (χ3n) is 7.85. The Hall–Kier alpha value is -3.55. The number of carbonyl (C=O) groups is 2. The van der Waals surface area contributed by atoms with Crippen molar-refractivity contribution in [3.05, 3.63) is 132 Å². The molecule has 0 radical (unpaired) electrons. The monoisotopic (exact) mass is 565 g/mol. The van der Waals surface area contributed by atoms with Crippen LogP contribution in [-0.4, -0.2) is 46.3 Å². The molecule has 2 unspecified atom stereocenters. The van der Waals surface area contributed by atoms with Crippen molar-refractivity contribution in [2.45, 2.75) is 54.6 Å². The Kier molecular flexibility index (Phi) is 7.55. The highest BCUT2D eigenvalue weighted by atomic mass is 32.2. The van der Waals surface area contributed by atoms with E-state index in [0.717, 1.165) is 16.7 Å². The Balaban J connectivity index is 1.80. The number of carbonyl (C=O) groups excluding carboxylic acids is 2. The number of amides is 1. The van der Waals surface area contributed by atoms with Gasteiger partial charge < -0.3 is 4.90 Å². The predicted molar refractivity (Wildman–Crippen MR) is 165 cm³/mol. The van der Waals surface area contributed by atoms with Crippen LogP contribution in [0.15, 0.2) is 110 Å². The lowest BCUT2D eigenvalue weighted by molar-refractivity contribution is -0.153. The first kappa shape index (κ1) is 28.0. The first-order chi connectivity index (χ1) is 19.1. The van der Waals surface area contributed by atoms with Crippen LogP contribution >= 0.6 is 11.8 Å². The molecule has 5 rings (SSSR count). The van der Waals surface area contributed by atoms with Crippen LogP contribution in [0.5, 0.6) is 0 Å². The summed E-state index contributed by atoms with van der Waals surface area (Å²) in [5.74, 6) is -0.284. The fourth-order valence-electron chi connectivity index (χ4n) is 5.88. The van der Waals surface area contributed by atoms with Crippen molar-refractivity contribution in [2.75, 3.05) is 0 Å². The molecule has 0 N–H and O–H groups in total. The second-order valence-electron chi connectivity index (χ2n) is 11.5. The minimum absolute atomic E-state index is 0.0918. The standard InChI is InChI=1S/C33H35N3O2SSi/c1-31(2,3)36-29(38)33(40(4)5,28(37)27-21-22-34-23-35-27)30(36)39-32(24-15-9-6-10-16-24,25-17-11-7-12-18-25)26-19-13-8-14-20-26/h6-23,30,40H,1-5H3. The first-order valence-electron chi connectivity index (χ1n) is 13.6. The highest BCUT2D eigenvalue weighted by Gasteiger charge is 2.70. The molecule has 40 heavy (non-hydrogen) atoms. The van der Waals surface area contributed by atoms with Crippen molar-refractivity contribution < 1.29 is 9.59 Å². The summed E-state index contributed by atoms with van der Waals surface area (Å²) in [6, 6.07) is 32.9. The van der Waals surface area contributed by atoms with E-state index in [4.69, 9.17) is 0 Å². The van der Waals surface area contributed by atoms with Gasteiger partial charge in [-0.15, -0.1) is 11.8 Å². The molecule has 1 amide bonds. The van der Waals surface area contributed by atoms with Crippen molar-refractivity contribution in [2.24, 2.45) is 0 Å². The van der Waals surface area contributed by atoms with E-state index in [1.54, 1.807) is 24.0 Å². The zero-order valence-corrected chi connectivity index (χ0v) is 25.6. The fraction of sp³-hybridized carbons (Fsp3) is 0.273. The summed E-state index contributed by atoms with van der Waals surface area (Å²) in [6.45, 7) is 10.4. The smallest absolute Gasteiger partial charge is 0.237 e. The van der Waals surface area contributed by atoms with Gasteiger partial charge in [0.05, 0.1) is 18.9 Å². The Labute approximate surface area is 242 Å². The molecule has 204 valence electrons. The van der Waals surface area contributed by atoms with Crippen LogP contribution in [-0.2, 0) is 9.54 Å². The Bertz CT molecular complexity index is 1380. The van der Waals surface area contributed by atoms with Crippen molar-refractivity contribution >= 4 is 32.2 Å². The van der Waals surface area contributed by atoms with Crippen LogP contribution in [0.2, 0.25) is 18.1 Å². The lowest BCUT2D eigenvalue weighted by atomic mass is 9.83. The first-order valence-corrected chi connectivity index (χ1v) is 17.4. The van der Waals surface area contributed by atoms with E-state index in [1.807, 2.05) is 23.1 Å². The third-order valence-corrected chi connectivity index (χ3v) is 12.6. The lowest BCUT2D eigenvalue weighted by Gasteiger charge is -2.62. The quantitative estimate of drug-likeness (QED) is 0.0794. The Morgan fingerprint density at radius 3 is 1.68 bits per heavy atom. The van der Waals surface area contributed by atoms with E-state index in [-0.39, 0.29) is 11.7 Å². The minimum Gasteiger partial charge on any atom is -0.324 e. The lowest BCUT2D eigenvalue weighted by Crippen LogP contribution is -2.75. The van der Waals surface area contributed by atoms with E-state index in [0.29, 0.717) is 5.69 Å². The molecule has 0 saturated carbocycles. The highest BCUT2D eigenvalue weighted by Crippen LogP contribution is 2.63. The van der Waals surface area contributed by atoms with Crippen LogP contribution < -0.4 is 0 Å². The molecule has 1 aromatic heterocycles. The van der Waals surface area contributed by atoms with Crippen molar-refractivity contribution in [3.8, 4) is 0 Å². The number of thioether (sulfide) groups is 1. The van der Waals surface area contributed by atoms with Gasteiger partial charge in [-0.25, -0.2) is 9.97 Å². The second-order valence-corrected chi connectivity index (χ2v) is 16.1. The minimum atomic E-state index is -1.96. The summed E-state index contributed by atoms with van der Waals surface area (Å²) in [4.78, 5) is 39.1. The predicted octanol–water partition coefficient (Wildman–Crippen LogP) is 6.58. The zero-order chi connectivity index (χ0) is 28.5. The van der Waals surface area contributed by atoms with Crippen LogP contribution in [0.1, 0.15) is 48.0 Å². The highest BCUT2D eigenvalue weighted by molar-refractivity contribution is 8.01. The van der Waals surface area contributed by atoms with Crippen LogP contribution in [0.4, 0.5) is 0 Å². The molecule has 2 atom stereocenters. The summed E-state index contributed by atoms with van der Waals surface area (Å²) in [7, 11) is -1.96.